The number of amides is 5. The average Bonchev–Trinajstić information content (AvgIpc) is 3.34. The van der Waals surface area contributed by atoms with Crippen LogP contribution in [0.4, 0.5) is 20.6 Å². The topological polar surface area (TPSA) is 125 Å². The average molecular weight is 644 g/mol. The van der Waals surface area contributed by atoms with Gasteiger partial charge in [-0.25, -0.2) is 9.18 Å². The van der Waals surface area contributed by atoms with Gasteiger partial charge in [0.1, 0.15) is 11.4 Å². The molecule has 5 amide bonds. The summed E-state index contributed by atoms with van der Waals surface area (Å²) in [6.07, 6.45) is 0.240. The molecule has 1 saturated heterocycles. The van der Waals surface area contributed by atoms with E-state index in [0.29, 0.717) is 17.0 Å². The second-order valence-corrected chi connectivity index (χ2v) is 12.8. The Labute approximate surface area is 257 Å². The highest BCUT2D eigenvalue weighted by Crippen LogP contribution is 2.40. The third-order valence-corrected chi connectivity index (χ3v) is 9.14. The Bertz CT molecular complexity index is 1430. The largest absolute Gasteiger partial charge is 0.469 e. The summed E-state index contributed by atoms with van der Waals surface area (Å²) in [5.41, 5.74) is -1.78. The first-order valence-corrected chi connectivity index (χ1v) is 14.7. The van der Waals surface area contributed by atoms with Crippen LogP contribution in [0, 0.1) is 5.82 Å². The number of urea groups is 1. The maximum Gasteiger partial charge on any atom is 0.323 e. The molecule has 1 aliphatic rings. The van der Waals surface area contributed by atoms with E-state index in [1.165, 1.54) is 31.1 Å². The van der Waals surface area contributed by atoms with E-state index >= 15 is 0 Å². The van der Waals surface area contributed by atoms with Crippen LogP contribution in [0.25, 0.3) is 0 Å². The Morgan fingerprint density at radius 1 is 1.10 bits per heavy atom. The fraction of sp³-hybridized carbons (Fsp3) is 0.464. The van der Waals surface area contributed by atoms with Crippen molar-refractivity contribution in [3.05, 3.63) is 43.8 Å². The molecule has 2 heterocycles. The first-order chi connectivity index (χ1) is 19.5. The highest BCUT2D eigenvalue weighted by molar-refractivity contribution is 7.14. The van der Waals surface area contributed by atoms with Crippen molar-refractivity contribution in [1.29, 1.82) is 0 Å². The van der Waals surface area contributed by atoms with Crippen LogP contribution in [0.15, 0.2) is 18.2 Å². The third-order valence-electron chi connectivity index (χ3n) is 6.73. The first kappa shape index (κ1) is 33.3. The van der Waals surface area contributed by atoms with Crippen molar-refractivity contribution in [2.75, 3.05) is 30.8 Å². The number of carbonyl (C=O) groups is 5. The van der Waals surface area contributed by atoms with Gasteiger partial charge in [0, 0.05) is 24.4 Å². The number of benzene rings is 1. The van der Waals surface area contributed by atoms with E-state index in [9.17, 15) is 28.4 Å². The van der Waals surface area contributed by atoms with Gasteiger partial charge in [-0.15, -0.1) is 11.3 Å². The van der Waals surface area contributed by atoms with Gasteiger partial charge >= 0.3 is 12.0 Å². The van der Waals surface area contributed by atoms with Crippen LogP contribution in [0.5, 0.6) is 0 Å². The number of ether oxygens (including phenoxy) is 1. The number of nitrogens with one attached hydrogen (secondary N) is 2. The second-order valence-electron chi connectivity index (χ2n) is 11.0. The molecule has 1 aromatic heterocycles. The molecule has 1 aliphatic heterocycles. The highest BCUT2D eigenvalue weighted by Gasteiger charge is 2.51. The summed E-state index contributed by atoms with van der Waals surface area (Å²) < 4.78 is 18.5. The number of hydrogen-bond acceptors (Lipinski definition) is 7. The van der Waals surface area contributed by atoms with Gasteiger partial charge in [0.15, 0.2) is 0 Å². The minimum atomic E-state index is -1.68. The van der Waals surface area contributed by atoms with Gasteiger partial charge in [-0.3, -0.25) is 24.1 Å². The fourth-order valence-corrected chi connectivity index (χ4v) is 6.05. The number of methoxy groups -OCH3 is 1. The van der Waals surface area contributed by atoms with Gasteiger partial charge in [-0.1, -0.05) is 50.9 Å². The summed E-state index contributed by atoms with van der Waals surface area (Å²) in [5.74, 6) is -3.04. The van der Waals surface area contributed by atoms with Crippen LogP contribution >= 0.6 is 34.5 Å². The van der Waals surface area contributed by atoms with Crippen molar-refractivity contribution in [3.63, 3.8) is 0 Å². The third kappa shape index (κ3) is 6.87. The Morgan fingerprint density at radius 2 is 1.74 bits per heavy atom. The minimum absolute atomic E-state index is 0.00332. The molecule has 0 saturated carbocycles. The zero-order chi connectivity index (χ0) is 31.6. The standard InChI is InChI=1S/C28H33Cl2FN4O6S/c1-7-8-19(36)34-11-12-35(28(5,25(34)39)14-20(37)41-6)24(38)18-13-17(23(42-18)27(2,3)4)33-26(40)32-16-10-9-15(31)21(29)22(16)30/h9-10,13H,7-8,11-12,14H2,1-6H3,(H2,32,33,40). The molecule has 1 atom stereocenters. The maximum absolute atomic E-state index is 13.9. The normalized spacial score (nSPS) is 17.2. The van der Waals surface area contributed by atoms with Crippen molar-refractivity contribution in [2.24, 2.45) is 0 Å². The maximum atomic E-state index is 13.9. The molecular weight excluding hydrogens is 610 g/mol. The Hall–Kier alpha value is -3.22. The predicted octanol–water partition coefficient (Wildman–Crippen LogP) is 6.07. The predicted molar refractivity (Wildman–Crippen MR) is 160 cm³/mol. The summed E-state index contributed by atoms with van der Waals surface area (Å²) in [6, 6.07) is 3.11. The van der Waals surface area contributed by atoms with Gasteiger partial charge < -0.3 is 20.3 Å². The lowest BCUT2D eigenvalue weighted by Gasteiger charge is -2.46. The van der Waals surface area contributed by atoms with Crippen LogP contribution in [0.3, 0.4) is 0 Å². The molecule has 0 spiro atoms. The molecule has 3 rings (SSSR count). The highest BCUT2D eigenvalue weighted by atomic mass is 35.5. The molecule has 0 bridgehead atoms. The van der Waals surface area contributed by atoms with E-state index in [2.05, 4.69) is 10.6 Å². The zero-order valence-electron chi connectivity index (χ0n) is 24.2. The van der Waals surface area contributed by atoms with Gasteiger partial charge in [0.05, 0.1) is 39.8 Å². The number of rotatable bonds is 7. The molecule has 0 aliphatic carbocycles. The molecule has 1 fully saturated rings. The summed E-state index contributed by atoms with van der Waals surface area (Å²) in [4.78, 5) is 68.7. The lowest BCUT2D eigenvalue weighted by atomic mass is 9.90. The number of hydrogen-bond donors (Lipinski definition) is 2. The molecule has 1 unspecified atom stereocenters. The summed E-state index contributed by atoms with van der Waals surface area (Å²) in [5, 5.41) is 4.72. The molecule has 2 aromatic rings. The minimum Gasteiger partial charge on any atom is -0.469 e. The zero-order valence-corrected chi connectivity index (χ0v) is 26.5. The number of anilines is 2. The van der Waals surface area contributed by atoms with Crippen LogP contribution in [-0.4, -0.2) is 65.3 Å². The van der Waals surface area contributed by atoms with Gasteiger partial charge in [-0.2, -0.15) is 0 Å². The Morgan fingerprint density at radius 3 is 2.33 bits per heavy atom. The number of esters is 1. The van der Waals surface area contributed by atoms with Gasteiger partial charge in [0.2, 0.25) is 5.91 Å². The van der Waals surface area contributed by atoms with E-state index in [4.69, 9.17) is 27.9 Å². The van der Waals surface area contributed by atoms with E-state index in [0.717, 1.165) is 22.3 Å². The van der Waals surface area contributed by atoms with Crippen molar-refractivity contribution in [1.82, 2.24) is 9.80 Å². The molecular formula is C28H33Cl2FN4O6S. The molecule has 0 radical (unpaired) electrons. The van der Waals surface area contributed by atoms with E-state index < -0.39 is 47.0 Å². The Kier molecular flexibility index (Phi) is 10.3. The summed E-state index contributed by atoms with van der Waals surface area (Å²) in [7, 11) is 1.18. The molecule has 228 valence electrons. The second kappa shape index (κ2) is 13.0. The number of imide groups is 1. The lowest BCUT2D eigenvalue weighted by molar-refractivity contribution is -0.162. The van der Waals surface area contributed by atoms with Crippen LogP contribution < -0.4 is 10.6 Å². The van der Waals surface area contributed by atoms with E-state index in [-0.39, 0.29) is 46.0 Å². The molecule has 1 aromatic carbocycles. The van der Waals surface area contributed by atoms with Crippen LogP contribution in [0.2, 0.25) is 10.0 Å². The number of carbonyl (C=O) groups excluding carboxylic acids is 5. The first-order valence-electron chi connectivity index (χ1n) is 13.1. The van der Waals surface area contributed by atoms with E-state index in [1.807, 2.05) is 27.7 Å². The van der Waals surface area contributed by atoms with Crippen molar-refractivity contribution in [3.8, 4) is 0 Å². The number of piperazine rings is 1. The Balaban J connectivity index is 1.95. The van der Waals surface area contributed by atoms with Crippen molar-refractivity contribution >= 4 is 75.6 Å². The molecule has 14 heteroatoms. The summed E-state index contributed by atoms with van der Waals surface area (Å²) in [6.45, 7) is 8.93. The fourth-order valence-electron chi connectivity index (χ4n) is 4.57. The van der Waals surface area contributed by atoms with Crippen molar-refractivity contribution in [2.45, 2.75) is 64.8 Å². The molecule has 10 nitrogen and oxygen atoms in total. The number of nitrogens with zero attached hydrogens (tertiary/aromatic N) is 2. The van der Waals surface area contributed by atoms with Crippen LogP contribution in [-0.2, 0) is 24.5 Å². The quantitative estimate of drug-likeness (QED) is 0.279. The smallest absolute Gasteiger partial charge is 0.323 e. The lowest BCUT2D eigenvalue weighted by Crippen LogP contribution is -2.67. The monoisotopic (exact) mass is 642 g/mol. The van der Waals surface area contributed by atoms with Gasteiger partial charge in [-0.05, 0) is 37.0 Å². The number of thiophene rings is 1. The van der Waals surface area contributed by atoms with E-state index in [1.54, 1.807) is 0 Å². The number of halogens is 3. The molecule has 2 N–H and O–H groups in total. The summed E-state index contributed by atoms with van der Waals surface area (Å²) >= 11 is 13.0. The van der Waals surface area contributed by atoms with Crippen LogP contribution in [0.1, 0.15) is 68.4 Å². The molecule has 42 heavy (non-hydrogen) atoms. The van der Waals surface area contributed by atoms with Crippen molar-refractivity contribution < 1.29 is 33.1 Å². The SMILES string of the molecule is CCCC(=O)N1CCN(C(=O)c2cc(NC(=O)Nc3ccc(F)c(Cl)c3Cl)c(C(C)(C)C)s2)C(C)(CC(=O)OC)C1=O. The van der Waals surface area contributed by atoms with Gasteiger partial charge in [0.25, 0.3) is 11.8 Å².